The Morgan fingerprint density at radius 1 is 1.26 bits per heavy atom. The summed E-state index contributed by atoms with van der Waals surface area (Å²) in [6, 6.07) is 5.07. The van der Waals surface area contributed by atoms with E-state index in [0.717, 1.165) is 5.56 Å². The maximum absolute atomic E-state index is 12.6. The van der Waals surface area contributed by atoms with Crippen molar-refractivity contribution in [2.75, 3.05) is 20.2 Å². The molecule has 0 unspecified atom stereocenters. The second-order valence-electron chi connectivity index (χ2n) is 4.05. The van der Waals surface area contributed by atoms with Gasteiger partial charge in [0.15, 0.2) is 0 Å². The lowest BCUT2D eigenvalue weighted by Gasteiger charge is -2.20. The molecule has 0 heterocycles. The van der Waals surface area contributed by atoms with E-state index < -0.39 is 10.0 Å². The van der Waals surface area contributed by atoms with Crippen LogP contribution in [0.25, 0.3) is 0 Å². The maximum Gasteiger partial charge on any atom is 0.247 e. The van der Waals surface area contributed by atoms with Gasteiger partial charge in [0, 0.05) is 13.1 Å². The molecule has 4 nitrogen and oxygen atoms in total. The molecule has 0 amide bonds. The molecule has 0 bridgehead atoms. The number of nitrogens with zero attached hydrogens (tertiary/aromatic N) is 1. The van der Waals surface area contributed by atoms with Crippen molar-refractivity contribution < 1.29 is 13.2 Å². The van der Waals surface area contributed by atoms with Crippen LogP contribution in [0.5, 0.6) is 5.75 Å². The lowest BCUT2D eigenvalue weighted by atomic mass is 10.2. The van der Waals surface area contributed by atoms with Gasteiger partial charge >= 0.3 is 0 Å². The van der Waals surface area contributed by atoms with Crippen LogP contribution in [0.1, 0.15) is 5.56 Å². The predicted octanol–water partition coefficient (Wildman–Crippen LogP) is 2.37. The van der Waals surface area contributed by atoms with Crippen LogP contribution in [0.3, 0.4) is 0 Å². The molecule has 19 heavy (non-hydrogen) atoms. The number of hydrogen-bond donors (Lipinski definition) is 0. The van der Waals surface area contributed by atoms with Gasteiger partial charge in [-0.3, -0.25) is 0 Å². The summed E-state index contributed by atoms with van der Waals surface area (Å²) in [5.74, 6) is 0.337. The highest BCUT2D eigenvalue weighted by molar-refractivity contribution is 7.89. The SMILES string of the molecule is C=CCN(CC=C)S(=O)(=O)c1cc(C)ccc1OC. The molecule has 1 aromatic rings. The van der Waals surface area contributed by atoms with Gasteiger partial charge in [0.1, 0.15) is 10.6 Å². The lowest BCUT2D eigenvalue weighted by Crippen LogP contribution is -2.31. The first-order valence-corrected chi connectivity index (χ1v) is 7.28. The summed E-state index contributed by atoms with van der Waals surface area (Å²) >= 11 is 0. The number of ether oxygens (including phenoxy) is 1. The fourth-order valence-electron chi connectivity index (χ4n) is 1.68. The molecule has 1 aromatic carbocycles. The normalized spacial score (nSPS) is 11.3. The van der Waals surface area contributed by atoms with E-state index in [1.807, 2.05) is 13.0 Å². The van der Waals surface area contributed by atoms with Crippen LogP contribution in [0.15, 0.2) is 48.4 Å². The van der Waals surface area contributed by atoms with E-state index in [-0.39, 0.29) is 18.0 Å². The third-order valence-corrected chi connectivity index (χ3v) is 4.46. The summed E-state index contributed by atoms with van der Waals surface area (Å²) in [7, 11) is -2.17. The second kappa shape index (κ2) is 6.54. The average molecular weight is 281 g/mol. The first-order chi connectivity index (χ1) is 8.97. The fraction of sp³-hybridized carbons (Fsp3) is 0.286. The summed E-state index contributed by atoms with van der Waals surface area (Å²) < 4.78 is 31.6. The van der Waals surface area contributed by atoms with E-state index in [1.165, 1.54) is 11.4 Å². The highest BCUT2D eigenvalue weighted by Crippen LogP contribution is 2.27. The Bertz CT molecular complexity index is 554. The number of sulfonamides is 1. The van der Waals surface area contributed by atoms with Crippen molar-refractivity contribution >= 4 is 10.0 Å². The van der Waals surface area contributed by atoms with Crippen LogP contribution in [0.2, 0.25) is 0 Å². The minimum atomic E-state index is -3.62. The number of benzene rings is 1. The summed E-state index contributed by atoms with van der Waals surface area (Å²) in [5, 5.41) is 0. The molecule has 0 aromatic heterocycles. The quantitative estimate of drug-likeness (QED) is 0.721. The minimum absolute atomic E-state index is 0.165. The second-order valence-corrected chi connectivity index (χ2v) is 5.96. The standard InChI is InChI=1S/C14H19NO3S/c1-5-9-15(10-6-2)19(16,17)14-11-12(3)7-8-13(14)18-4/h5-8,11H,1-2,9-10H2,3-4H3. The highest BCUT2D eigenvalue weighted by atomic mass is 32.2. The lowest BCUT2D eigenvalue weighted by molar-refractivity contribution is 0.398. The van der Waals surface area contributed by atoms with E-state index >= 15 is 0 Å². The van der Waals surface area contributed by atoms with Crippen LogP contribution in [-0.2, 0) is 10.0 Å². The molecule has 0 fully saturated rings. The van der Waals surface area contributed by atoms with Crippen LogP contribution in [0.4, 0.5) is 0 Å². The summed E-state index contributed by atoms with van der Waals surface area (Å²) in [4.78, 5) is 0.165. The minimum Gasteiger partial charge on any atom is -0.495 e. The van der Waals surface area contributed by atoms with Gasteiger partial charge in [-0.15, -0.1) is 13.2 Å². The van der Waals surface area contributed by atoms with Crippen LogP contribution in [-0.4, -0.2) is 32.9 Å². The van der Waals surface area contributed by atoms with Gasteiger partial charge in [0.2, 0.25) is 10.0 Å². The zero-order chi connectivity index (χ0) is 14.5. The summed E-state index contributed by atoms with van der Waals surface area (Å²) in [5.41, 5.74) is 0.858. The Balaban J connectivity index is 3.34. The molecule has 0 aliphatic rings. The Kier molecular flexibility index (Phi) is 5.32. The van der Waals surface area contributed by atoms with Crippen molar-refractivity contribution in [1.29, 1.82) is 0 Å². The van der Waals surface area contributed by atoms with E-state index in [4.69, 9.17) is 4.74 Å². The number of methoxy groups -OCH3 is 1. The van der Waals surface area contributed by atoms with E-state index in [9.17, 15) is 8.42 Å². The van der Waals surface area contributed by atoms with Crippen LogP contribution in [0, 0.1) is 6.92 Å². The highest BCUT2D eigenvalue weighted by Gasteiger charge is 2.26. The van der Waals surface area contributed by atoms with Crippen molar-refractivity contribution in [3.05, 3.63) is 49.1 Å². The Morgan fingerprint density at radius 3 is 2.32 bits per heavy atom. The van der Waals surface area contributed by atoms with Gasteiger partial charge in [-0.25, -0.2) is 8.42 Å². The number of hydrogen-bond acceptors (Lipinski definition) is 3. The molecule has 0 radical (unpaired) electrons. The molecule has 0 N–H and O–H groups in total. The smallest absolute Gasteiger partial charge is 0.247 e. The third-order valence-electron chi connectivity index (χ3n) is 2.60. The van der Waals surface area contributed by atoms with Gasteiger partial charge in [-0.1, -0.05) is 18.2 Å². The van der Waals surface area contributed by atoms with E-state index in [1.54, 1.807) is 24.3 Å². The molecule has 0 aliphatic carbocycles. The Hall–Kier alpha value is -1.59. The van der Waals surface area contributed by atoms with Crippen molar-refractivity contribution in [1.82, 2.24) is 4.31 Å². The molecular weight excluding hydrogens is 262 g/mol. The Labute approximate surface area is 115 Å². The number of rotatable bonds is 7. The van der Waals surface area contributed by atoms with Crippen LogP contribution < -0.4 is 4.74 Å². The maximum atomic E-state index is 12.6. The van der Waals surface area contributed by atoms with Gasteiger partial charge < -0.3 is 4.74 Å². The molecule has 5 heteroatoms. The zero-order valence-corrected chi connectivity index (χ0v) is 12.1. The number of aryl methyl sites for hydroxylation is 1. The van der Waals surface area contributed by atoms with E-state index in [2.05, 4.69) is 13.2 Å². The monoisotopic (exact) mass is 281 g/mol. The fourth-order valence-corrected chi connectivity index (χ4v) is 3.31. The van der Waals surface area contributed by atoms with Gasteiger partial charge in [0.25, 0.3) is 0 Å². The van der Waals surface area contributed by atoms with Crippen LogP contribution >= 0.6 is 0 Å². The van der Waals surface area contributed by atoms with Crippen molar-refractivity contribution in [3.63, 3.8) is 0 Å². The topological polar surface area (TPSA) is 46.6 Å². The first-order valence-electron chi connectivity index (χ1n) is 5.84. The van der Waals surface area contributed by atoms with Crippen molar-refractivity contribution in [2.45, 2.75) is 11.8 Å². The van der Waals surface area contributed by atoms with Crippen molar-refractivity contribution in [3.8, 4) is 5.75 Å². The third kappa shape index (κ3) is 3.45. The summed E-state index contributed by atoms with van der Waals surface area (Å²) in [6.07, 6.45) is 3.09. The Morgan fingerprint density at radius 2 is 1.84 bits per heavy atom. The zero-order valence-electron chi connectivity index (χ0n) is 11.3. The molecule has 104 valence electrons. The largest absolute Gasteiger partial charge is 0.495 e. The van der Waals surface area contributed by atoms with Gasteiger partial charge in [-0.2, -0.15) is 4.31 Å². The first kappa shape index (κ1) is 15.5. The summed E-state index contributed by atoms with van der Waals surface area (Å²) in [6.45, 7) is 9.45. The van der Waals surface area contributed by atoms with Crippen molar-refractivity contribution in [2.24, 2.45) is 0 Å². The molecule has 0 saturated carbocycles. The van der Waals surface area contributed by atoms with Gasteiger partial charge in [0.05, 0.1) is 7.11 Å². The van der Waals surface area contributed by atoms with E-state index in [0.29, 0.717) is 5.75 Å². The average Bonchev–Trinajstić information content (AvgIpc) is 2.38. The predicted molar refractivity (Wildman–Crippen MR) is 76.9 cm³/mol. The molecular formula is C14H19NO3S. The molecule has 0 atom stereocenters. The molecule has 0 aliphatic heterocycles. The molecule has 1 rings (SSSR count). The van der Waals surface area contributed by atoms with Gasteiger partial charge in [-0.05, 0) is 24.6 Å². The molecule has 0 spiro atoms. The molecule has 0 saturated heterocycles.